The van der Waals surface area contributed by atoms with Gasteiger partial charge in [-0.05, 0) is 12.8 Å². The molecule has 0 aliphatic carbocycles. The summed E-state index contributed by atoms with van der Waals surface area (Å²) < 4.78 is 16.1. The number of rotatable bonds is 16. The topological polar surface area (TPSA) is 27.7 Å². The van der Waals surface area contributed by atoms with E-state index in [2.05, 4.69) is 13.1 Å². The molecule has 0 atom stereocenters. The van der Waals surface area contributed by atoms with Gasteiger partial charge in [0.2, 0.25) is 0 Å². The Hall–Kier alpha value is 0.0969. The second-order valence-corrected chi connectivity index (χ2v) is 9.02. The lowest BCUT2D eigenvalue weighted by molar-refractivity contribution is 0.0611. The molecule has 0 aromatic heterocycles. The Labute approximate surface area is 128 Å². The predicted molar refractivity (Wildman–Crippen MR) is 89.3 cm³/mol. The van der Waals surface area contributed by atoms with E-state index in [0.717, 1.165) is 32.7 Å². The first-order valence-electron chi connectivity index (χ1n) is 8.41. The molecular weight excluding hydrogens is 268 g/mol. The third-order valence-electron chi connectivity index (χ3n) is 3.21. The van der Waals surface area contributed by atoms with E-state index < -0.39 is 8.80 Å². The minimum absolute atomic E-state index is 0.546. The lowest BCUT2D eigenvalue weighted by Gasteiger charge is -2.07. The number of ether oxygens (including phenoxy) is 3. The van der Waals surface area contributed by atoms with Gasteiger partial charge in [0, 0.05) is 26.6 Å². The quantitative estimate of drug-likeness (QED) is 0.320. The fourth-order valence-electron chi connectivity index (χ4n) is 2.05. The van der Waals surface area contributed by atoms with Crippen LogP contribution in [0.5, 0.6) is 0 Å². The van der Waals surface area contributed by atoms with Gasteiger partial charge in [0.1, 0.15) is 0 Å². The third kappa shape index (κ3) is 18.1. The second kappa shape index (κ2) is 17.1. The molecule has 0 rings (SSSR count). The molecule has 0 fully saturated rings. The molecule has 0 amide bonds. The van der Waals surface area contributed by atoms with E-state index in [0.29, 0.717) is 0 Å². The van der Waals surface area contributed by atoms with Crippen LogP contribution in [0.2, 0.25) is 13.1 Å². The van der Waals surface area contributed by atoms with Crippen LogP contribution >= 0.6 is 0 Å². The van der Waals surface area contributed by atoms with Crippen molar-refractivity contribution in [2.75, 3.05) is 39.8 Å². The summed E-state index contributed by atoms with van der Waals surface area (Å²) in [6, 6.07) is 0. The molecule has 0 aliphatic rings. The minimum Gasteiger partial charge on any atom is -0.385 e. The summed E-state index contributed by atoms with van der Waals surface area (Å²) in [6.45, 7) is 7.96. The highest BCUT2D eigenvalue weighted by atomic mass is 28.3. The summed E-state index contributed by atoms with van der Waals surface area (Å²) in [4.78, 5) is 0. The molecule has 0 unspecified atom stereocenters. The predicted octanol–water partition coefficient (Wildman–Crippen LogP) is 3.81. The Morgan fingerprint density at radius 2 is 1.10 bits per heavy atom. The molecule has 0 aromatic rings. The van der Waals surface area contributed by atoms with E-state index in [4.69, 9.17) is 14.2 Å². The van der Waals surface area contributed by atoms with E-state index in [1.54, 1.807) is 7.11 Å². The summed E-state index contributed by atoms with van der Waals surface area (Å²) in [6.07, 6.45) is 11.5. The molecule has 0 saturated heterocycles. The molecule has 3 nitrogen and oxygen atoms in total. The van der Waals surface area contributed by atoms with Gasteiger partial charge in [-0.2, -0.15) is 0 Å². The highest BCUT2D eigenvalue weighted by Gasteiger charge is 1.96. The summed E-state index contributed by atoms with van der Waals surface area (Å²) in [7, 11) is 1.23. The van der Waals surface area contributed by atoms with Gasteiger partial charge in [-0.15, -0.1) is 0 Å². The fraction of sp³-hybridized carbons (Fsp3) is 1.00. The van der Waals surface area contributed by atoms with Crippen LogP contribution in [0.3, 0.4) is 0 Å². The van der Waals surface area contributed by atoms with Crippen LogP contribution in [0, 0.1) is 0 Å². The van der Waals surface area contributed by atoms with E-state index >= 15 is 0 Å². The molecular formula is C16H36O3Si. The van der Waals surface area contributed by atoms with Crippen molar-refractivity contribution < 1.29 is 14.2 Å². The van der Waals surface area contributed by atoms with E-state index in [-0.39, 0.29) is 0 Å². The smallest absolute Gasteiger partial charge is 0.0700 e. The maximum atomic E-state index is 5.56. The number of hydrogen-bond acceptors (Lipinski definition) is 3. The standard InChI is InChI=1S/C16H36O3Si/c1-17-12-10-8-6-4-5-7-9-11-13-18-14-15-19-16-20(2)3/h20H,4-16H2,1-3H3. The Kier molecular flexibility index (Phi) is 17.2. The van der Waals surface area contributed by atoms with Gasteiger partial charge in [0.15, 0.2) is 0 Å². The average molecular weight is 305 g/mol. The maximum Gasteiger partial charge on any atom is 0.0700 e. The first-order valence-corrected chi connectivity index (χ1v) is 11.5. The summed E-state index contributed by atoms with van der Waals surface area (Å²) in [5.41, 5.74) is 0. The van der Waals surface area contributed by atoms with Crippen molar-refractivity contribution in [1.82, 2.24) is 0 Å². The van der Waals surface area contributed by atoms with E-state index in [9.17, 15) is 0 Å². The van der Waals surface area contributed by atoms with Crippen LogP contribution in [-0.4, -0.2) is 48.6 Å². The van der Waals surface area contributed by atoms with Crippen molar-refractivity contribution in [3.63, 3.8) is 0 Å². The van der Waals surface area contributed by atoms with Crippen LogP contribution in [0.1, 0.15) is 51.4 Å². The van der Waals surface area contributed by atoms with Gasteiger partial charge in [-0.3, -0.25) is 0 Å². The molecule has 0 aliphatic heterocycles. The molecule has 0 bridgehead atoms. The number of methoxy groups -OCH3 is 1. The fourth-order valence-corrected chi connectivity index (χ4v) is 2.69. The van der Waals surface area contributed by atoms with E-state index in [1.165, 1.54) is 51.4 Å². The molecule has 0 radical (unpaired) electrons. The Bertz CT molecular complexity index is 177. The Morgan fingerprint density at radius 3 is 1.65 bits per heavy atom. The van der Waals surface area contributed by atoms with Crippen molar-refractivity contribution >= 4 is 8.80 Å². The van der Waals surface area contributed by atoms with Crippen molar-refractivity contribution in [1.29, 1.82) is 0 Å². The zero-order valence-corrected chi connectivity index (χ0v) is 15.1. The largest absolute Gasteiger partial charge is 0.385 e. The lowest BCUT2D eigenvalue weighted by atomic mass is 10.1. The van der Waals surface area contributed by atoms with Crippen molar-refractivity contribution in [2.45, 2.75) is 64.5 Å². The molecule has 0 N–H and O–H groups in total. The number of hydrogen-bond donors (Lipinski definition) is 0. The van der Waals surface area contributed by atoms with Gasteiger partial charge in [0.05, 0.1) is 22.0 Å². The average Bonchev–Trinajstić information content (AvgIpc) is 2.43. The van der Waals surface area contributed by atoms with Crippen LogP contribution in [0.15, 0.2) is 0 Å². The summed E-state index contributed by atoms with van der Waals surface area (Å²) >= 11 is 0. The van der Waals surface area contributed by atoms with Gasteiger partial charge in [-0.1, -0.05) is 51.6 Å². The van der Waals surface area contributed by atoms with Crippen LogP contribution in [0.4, 0.5) is 0 Å². The van der Waals surface area contributed by atoms with Crippen LogP contribution < -0.4 is 0 Å². The van der Waals surface area contributed by atoms with Crippen molar-refractivity contribution in [3.05, 3.63) is 0 Å². The first kappa shape index (κ1) is 20.1. The first-order chi connectivity index (χ1) is 9.77. The SMILES string of the molecule is COCCCCCCCCCCOCCOC[SiH](C)C. The maximum absolute atomic E-state index is 5.56. The molecule has 0 heterocycles. The highest BCUT2D eigenvalue weighted by Crippen LogP contribution is 2.08. The zero-order valence-electron chi connectivity index (χ0n) is 14.0. The minimum atomic E-state index is -0.546. The summed E-state index contributed by atoms with van der Waals surface area (Å²) in [5, 5.41) is 0. The van der Waals surface area contributed by atoms with Crippen molar-refractivity contribution in [2.24, 2.45) is 0 Å². The molecule has 0 aromatic carbocycles. The molecule has 122 valence electrons. The van der Waals surface area contributed by atoms with Crippen molar-refractivity contribution in [3.8, 4) is 0 Å². The van der Waals surface area contributed by atoms with Gasteiger partial charge in [0.25, 0.3) is 0 Å². The van der Waals surface area contributed by atoms with Crippen LogP contribution in [-0.2, 0) is 14.2 Å². The molecule has 4 heteroatoms. The van der Waals surface area contributed by atoms with Gasteiger partial charge < -0.3 is 14.2 Å². The van der Waals surface area contributed by atoms with Crippen LogP contribution in [0.25, 0.3) is 0 Å². The monoisotopic (exact) mass is 304 g/mol. The molecule has 0 saturated carbocycles. The van der Waals surface area contributed by atoms with E-state index in [1.807, 2.05) is 0 Å². The van der Waals surface area contributed by atoms with Gasteiger partial charge in [-0.25, -0.2) is 0 Å². The normalized spacial score (nSPS) is 11.4. The van der Waals surface area contributed by atoms with Gasteiger partial charge >= 0.3 is 0 Å². The second-order valence-electron chi connectivity index (χ2n) is 5.90. The third-order valence-corrected chi connectivity index (χ3v) is 4.11. The zero-order chi connectivity index (χ0) is 14.9. The lowest BCUT2D eigenvalue weighted by Crippen LogP contribution is -2.14. The molecule has 0 spiro atoms. The Balaban J connectivity index is 2.92. The highest BCUT2D eigenvalue weighted by molar-refractivity contribution is 6.55. The Morgan fingerprint density at radius 1 is 0.600 bits per heavy atom. The summed E-state index contributed by atoms with van der Waals surface area (Å²) in [5.74, 6) is 0. The number of unbranched alkanes of at least 4 members (excludes halogenated alkanes) is 7. The molecule has 20 heavy (non-hydrogen) atoms.